The molecule has 4 atom stereocenters. The average Bonchev–Trinajstić information content (AvgIpc) is 3.30. The van der Waals surface area contributed by atoms with Crippen molar-refractivity contribution in [1.29, 1.82) is 0 Å². The second-order valence-electron chi connectivity index (χ2n) is 8.64. The smallest absolute Gasteiger partial charge is 0.258 e. The van der Waals surface area contributed by atoms with Crippen LogP contribution in [0.5, 0.6) is 5.75 Å². The summed E-state index contributed by atoms with van der Waals surface area (Å²) in [5.41, 5.74) is 0.904. The van der Waals surface area contributed by atoms with Gasteiger partial charge in [-0.25, -0.2) is 9.97 Å². The number of nitrogens with zero attached hydrogens (tertiary/aromatic N) is 2. The number of carbonyl (C=O) groups is 1. The van der Waals surface area contributed by atoms with E-state index in [1.54, 1.807) is 6.20 Å². The van der Waals surface area contributed by atoms with E-state index in [0.717, 1.165) is 5.69 Å². The summed E-state index contributed by atoms with van der Waals surface area (Å²) in [7, 11) is 0. The fraction of sp³-hybridized carbons (Fsp3) is 0.500. The maximum atomic E-state index is 12.3. The summed E-state index contributed by atoms with van der Waals surface area (Å²) in [6, 6.07) is 10.9. The van der Waals surface area contributed by atoms with Crippen LogP contribution in [0.1, 0.15) is 26.5 Å². The maximum Gasteiger partial charge on any atom is 0.258 e. The van der Waals surface area contributed by atoms with Gasteiger partial charge in [-0.2, -0.15) is 0 Å². The van der Waals surface area contributed by atoms with E-state index >= 15 is 0 Å². The van der Waals surface area contributed by atoms with Crippen LogP contribution in [0.4, 0.5) is 5.95 Å². The third kappa shape index (κ3) is 4.71. The molecule has 8 nitrogen and oxygen atoms in total. The van der Waals surface area contributed by atoms with Gasteiger partial charge in [-0.1, -0.05) is 39.0 Å². The SMILES string of the molecule is CC(C)(C)c1ccnc(N[C@H]2CO[C@H]3[C@@H]2OC[C@@H]3NC(=O)COc2ccccc2)n1. The normalized spacial score (nSPS) is 25.6. The summed E-state index contributed by atoms with van der Waals surface area (Å²) in [4.78, 5) is 21.2. The van der Waals surface area contributed by atoms with Crippen LogP contribution in [0.2, 0.25) is 0 Å². The lowest BCUT2D eigenvalue weighted by molar-refractivity contribution is -0.124. The van der Waals surface area contributed by atoms with Gasteiger partial charge in [0.1, 0.15) is 18.0 Å². The Balaban J connectivity index is 1.31. The van der Waals surface area contributed by atoms with Crippen molar-refractivity contribution in [3.05, 3.63) is 48.3 Å². The fourth-order valence-electron chi connectivity index (χ4n) is 3.67. The molecule has 2 N–H and O–H groups in total. The lowest BCUT2D eigenvalue weighted by atomic mass is 9.92. The van der Waals surface area contributed by atoms with Crippen molar-refractivity contribution < 1.29 is 19.0 Å². The second-order valence-corrected chi connectivity index (χ2v) is 8.64. The molecular formula is C22H28N4O4. The molecule has 0 radical (unpaired) electrons. The van der Waals surface area contributed by atoms with Crippen LogP contribution in [0.3, 0.4) is 0 Å². The lowest BCUT2D eigenvalue weighted by Crippen LogP contribution is -2.46. The third-order valence-corrected chi connectivity index (χ3v) is 5.25. The number of amides is 1. The van der Waals surface area contributed by atoms with Gasteiger partial charge >= 0.3 is 0 Å². The van der Waals surface area contributed by atoms with Crippen molar-refractivity contribution in [1.82, 2.24) is 15.3 Å². The number of hydrogen-bond acceptors (Lipinski definition) is 7. The van der Waals surface area contributed by atoms with E-state index in [0.29, 0.717) is 24.9 Å². The summed E-state index contributed by atoms with van der Waals surface area (Å²) in [5, 5.41) is 6.30. The van der Waals surface area contributed by atoms with Gasteiger partial charge < -0.3 is 24.8 Å². The molecule has 2 aromatic rings. The quantitative estimate of drug-likeness (QED) is 0.748. The molecule has 8 heteroatoms. The Morgan fingerprint density at radius 2 is 1.80 bits per heavy atom. The van der Waals surface area contributed by atoms with Crippen molar-refractivity contribution in [2.24, 2.45) is 0 Å². The molecule has 3 heterocycles. The van der Waals surface area contributed by atoms with Gasteiger partial charge in [0.2, 0.25) is 5.95 Å². The molecule has 2 saturated heterocycles. The zero-order valence-electron chi connectivity index (χ0n) is 17.5. The highest BCUT2D eigenvalue weighted by atomic mass is 16.6. The molecule has 0 bridgehead atoms. The van der Waals surface area contributed by atoms with E-state index in [1.807, 2.05) is 36.4 Å². The summed E-state index contributed by atoms with van der Waals surface area (Å²) < 4.78 is 17.4. The van der Waals surface area contributed by atoms with E-state index in [1.165, 1.54) is 0 Å². The molecule has 2 fully saturated rings. The zero-order valence-corrected chi connectivity index (χ0v) is 17.5. The van der Waals surface area contributed by atoms with Crippen LogP contribution in [0.25, 0.3) is 0 Å². The van der Waals surface area contributed by atoms with Crippen LogP contribution in [0, 0.1) is 0 Å². The summed E-state index contributed by atoms with van der Waals surface area (Å²) >= 11 is 0. The minimum atomic E-state index is -0.214. The highest BCUT2D eigenvalue weighted by Crippen LogP contribution is 2.29. The standard InChI is InChI=1S/C22H28N4O4/c1-22(2,3)17-9-10-23-21(26-17)25-16-12-30-19-15(11-29-20(16)19)24-18(27)13-28-14-7-5-4-6-8-14/h4-10,15-16,19-20H,11-13H2,1-3H3,(H,24,27)(H,23,25,26)/t15-,16-,19+,20+/m0/s1. The number of para-hydroxylation sites is 1. The first-order valence-corrected chi connectivity index (χ1v) is 10.2. The zero-order chi connectivity index (χ0) is 21.1. The molecule has 30 heavy (non-hydrogen) atoms. The summed E-state index contributed by atoms with van der Waals surface area (Å²) in [6.07, 6.45) is 1.37. The number of anilines is 1. The topological polar surface area (TPSA) is 94.6 Å². The van der Waals surface area contributed by atoms with Crippen molar-refractivity contribution >= 4 is 11.9 Å². The number of aromatic nitrogens is 2. The minimum absolute atomic E-state index is 0.0486. The first-order chi connectivity index (χ1) is 14.4. The molecule has 0 saturated carbocycles. The molecule has 4 rings (SSSR count). The van der Waals surface area contributed by atoms with Crippen LogP contribution in [-0.2, 0) is 19.7 Å². The Labute approximate surface area is 176 Å². The predicted octanol–water partition coefficient (Wildman–Crippen LogP) is 1.92. The summed E-state index contributed by atoms with van der Waals surface area (Å²) in [6.45, 7) is 7.15. The van der Waals surface area contributed by atoms with E-state index < -0.39 is 0 Å². The summed E-state index contributed by atoms with van der Waals surface area (Å²) in [5.74, 6) is 1.02. The van der Waals surface area contributed by atoms with Gasteiger partial charge in [-0.3, -0.25) is 4.79 Å². The highest BCUT2D eigenvalue weighted by Gasteiger charge is 2.48. The van der Waals surface area contributed by atoms with E-state index in [9.17, 15) is 4.79 Å². The van der Waals surface area contributed by atoms with Crippen LogP contribution >= 0.6 is 0 Å². The number of ether oxygens (including phenoxy) is 3. The molecule has 2 aliphatic heterocycles. The molecule has 1 amide bonds. The third-order valence-electron chi connectivity index (χ3n) is 5.25. The van der Waals surface area contributed by atoms with Gasteiger partial charge in [0.15, 0.2) is 6.61 Å². The highest BCUT2D eigenvalue weighted by molar-refractivity contribution is 5.78. The van der Waals surface area contributed by atoms with E-state index in [-0.39, 0.29) is 42.2 Å². The Morgan fingerprint density at radius 1 is 1.10 bits per heavy atom. The molecule has 0 unspecified atom stereocenters. The molecule has 0 aliphatic carbocycles. The largest absolute Gasteiger partial charge is 0.484 e. The lowest BCUT2D eigenvalue weighted by Gasteiger charge is -2.21. The number of carbonyl (C=O) groups excluding carboxylic acids is 1. The Bertz CT molecular complexity index is 871. The Kier molecular flexibility index (Phi) is 5.87. The van der Waals surface area contributed by atoms with Crippen molar-refractivity contribution in [3.8, 4) is 5.75 Å². The van der Waals surface area contributed by atoms with E-state index in [4.69, 9.17) is 14.2 Å². The van der Waals surface area contributed by atoms with Gasteiger partial charge in [0.25, 0.3) is 5.91 Å². The molecule has 0 spiro atoms. The van der Waals surface area contributed by atoms with Crippen molar-refractivity contribution in [3.63, 3.8) is 0 Å². The Hall–Kier alpha value is -2.71. The van der Waals surface area contributed by atoms with Crippen LogP contribution in [-0.4, -0.2) is 60.0 Å². The number of benzene rings is 1. The molecule has 1 aromatic carbocycles. The number of rotatable bonds is 6. The first-order valence-electron chi connectivity index (χ1n) is 10.2. The van der Waals surface area contributed by atoms with Gasteiger partial charge in [-0.15, -0.1) is 0 Å². The monoisotopic (exact) mass is 412 g/mol. The fourth-order valence-corrected chi connectivity index (χ4v) is 3.67. The number of fused-ring (bicyclic) bond motifs is 1. The molecule has 2 aliphatic rings. The van der Waals surface area contributed by atoms with Crippen LogP contribution in [0.15, 0.2) is 42.6 Å². The average molecular weight is 412 g/mol. The van der Waals surface area contributed by atoms with Crippen LogP contribution < -0.4 is 15.4 Å². The molecule has 1 aromatic heterocycles. The first kappa shape index (κ1) is 20.6. The number of hydrogen-bond donors (Lipinski definition) is 2. The second kappa shape index (κ2) is 8.57. The Morgan fingerprint density at radius 3 is 2.53 bits per heavy atom. The van der Waals surface area contributed by atoms with E-state index in [2.05, 4.69) is 41.4 Å². The number of nitrogens with one attached hydrogen (secondary N) is 2. The van der Waals surface area contributed by atoms with Crippen molar-refractivity contribution in [2.45, 2.75) is 50.5 Å². The van der Waals surface area contributed by atoms with Gasteiger partial charge in [0.05, 0.1) is 31.0 Å². The predicted molar refractivity (Wildman–Crippen MR) is 111 cm³/mol. The van der Waals surface area contributed by atoms with Gasteiger partial charge in [0, 0.05) is 11.6 Å². The minimum Gasteiger partial charge on any atom is -0.484 e. The molecule has 160 valence electrons. The van der Waals surface area contributed by atoms with Crippen molar-refractivity contribution in [2.75, 3.05) is 25.1 Å². The molecular weight excluding hydrogens is 384 g/mol. The maximum absolute atomic E-state index is 12.3. The van der Waals surface area contributed by atoms with Gasteiger partial charge in [-0.05, 0) is 18.2 Å².